The van der Waals surface area contributed by atoms with E-state index in [1.165, 1.54) is 75.5 Å². The first-order valence-electron chi connectivity index (χ1n) is 16.7. The Kier molecular flexibility index (Phi) is 9.44. The van der Waals surface area contributed by atoms with Gasteiger partial charge in [-0.05, 0) is 90.1 Å². The molecule has 228 valence electrons. The molecule has 0 atom stereocenters. The van der Waals surface area contributed by atoms with Crippen molar-refractivity contribution < 1.29 is 4.79 Å². The molecule has 3 aromatic heterocycles. The van der Waals surface area contributed by atoms with Crippen LogP contribution in [0, 0.1) is 0 Å². The van der Waals surface area contributed by atoms with Gasteiger partial charge in [-0.2, -0.15) is 0 Å². The van der Waals surface area contributed by atoms with Gasteiger partial charge in [0.25, 0.3) is 0 Å². The number of ketones is 1. The SMILES string of the molecule is CCCCc1nc(C(=O)CCC)nn1Cc1ccc(-n2c(C3CCCCC3)cc(C3CCCCC3)c2-c2nnn[nH]2)cc1. The van der Waals surface area contributed by atoms with Gasteiger partial charge in [-0.25, -0.2) is 14.8 Å². The highest BCUT2D eigenvalue weighted by Gasteiger charge is 2.30. The average Bonchev–Trinajstić information content (AvgIpc) is 3.81. The van der Waals surface area contributed by atoms with Crippen LogP contribution < -0.4 is 0 Å². The smallest absolute Gasteiger partial charge is 0.217 e. The maximum atomic E-state index is 12.6. The van der Waals surface area contributed by atoms with Gasteiger partial charge < -0.3 is 4.57 Å². The number of rotatable bonds is 12. The number of aryl methyl sites for hydroxylation is 1. The highest BCUT2D eigenvalue weighted by Crippen LogP contribution is 2.44. The third-order valence-corrected chi connectivity index (χ3v) is 9.45. The first kappa shape index (κ1) is 29.5. The van der Waals surface area contributed by atoms with E-state index in [1.807, 2.05) is 11.6 Å². The summed E-state index contributed by atoms with van der Waals surface area (Å²) < 4.78 is 4.39. The molecule has 2 aliphatic rings. The summed E-state index contributed by atoms with van der Waals surface area (Å²) >= 11 is 0. The average molecular weight is 583 g/mol. The molecule has 0 radical (unpaired) electrons. The van der Waals surface area contributed by atoms with E-state index in [2.05, 4.69) is 72.5 Å². The van der Waals surface area contributed by atoms with Crippen LogP contribution in [-0.4, -0.2) is 45.7 Å². The van der Waals surface area contributed by atoms with E-state index in [4.69, 9.17) is 0 Å². The molecule has 2 saturated carbocycles. The number of aromatic nitrogens is 8. The number of H-pyrrole nitrogens is 1. The number of aromatic amines is 1. The maximum Gasteiger partial charge on any atom is 0.217 e. The number of nitrogens with zero attached hydrogens (tertiary/aromatic N) is 7. The van der Waals surface area contributed by atoms with Crippen molar-refractivity contribution in [1.82, 2.24) is 40.0 Å². The fourth-order valence-corrected chi connectivity index (χ4v) is 7.16. The normalized spacial score (nSPS) is 16.6. The Hall–Kier alpha value is -3.62. The van der Waals surface area contributed by atoms with Gasteiger partial charge in [-0.3, -0.25) is 4.79 Å². The second-order valence-corrected chi connectivity index (χ2v) is 12.6. The number of Topliss-reactive ketones (excluding diaryl/α,β-unsaturated/α-hetero) is 1. The lowest BCUT2D eigenvalue weighted by Crippen LogP contribution is -2.12. The van der Waals surface area contributed by atoms with Crippen molar-refractivity contribution in [2.24, 2.45) is 0 Å². The molecule has 3 heterocycles. The van der Waals surface area contributed by atoms with Crippen LogP contribution in [0.15, 0.2) is 30.3 Å². The number of unbranched alkanes of at least 4 members (excludes halogenated alkanes) is 1. The molecule has 1 N–H and O–H groups in total. The van der Waals surface area contributed by atoms with Crippen LogP contribution in [0.3, 0.4) is 0 Å². The summed E-state index contributed by atoms with van der Waals surface area (Å²) in [7, 11) is 0. The molecule has 0 amide bonds. The van der Waals surface area contributed by atoms with Gasteiger partial charge >= 0.3 is 0 Å². The van der Waals surface area contributed by atoms with Crippen molar-refractivity contribution in [1.29, 1.82) is 0 Å². The third kappa shape index (κ3) is 6.50. The Morgan fingerprint density at radius 1 is 0.930 bits per heavy atom. The van der Waals surface area contributed by atoms with Gasteiger partial charge in [0, 0.05) is 24.2 Å². The third-order valence-electron chi connectivity index (χ3n) is 9.45. The lowest BCUT2D eigenvalue weighted by Gasteiger charge is -2.24. The first-order chi connectivity index (χ1) is 21.2. The van der Waals surface area contributed by atoms with Crippen LogP contribution in [0.5, 0.6) is 0 Å². The molecule has 6 rings (SSSR count). The number of carbonyl (C=O) groups is 1. The van der Waals surface area contributed by atoms with E-state index in [0.29, 0.717) is 30.6 Å². The fourth-order valence-electron chi connectivity index (χ4n) is 7.16. The lowest BCUT2D eigenvalue weighted by molar-refractivity contribution is 0.0971. The van der Waals surface area contributed by atoms with E-state index in [-0.39, 0.29) is 5.78 Å². The van der Waals surface area contributed by atoms with E-state index in [0.717, 1.165) is 54.3 Å². The van der Waals surface area contributed by atoms with Crippen LogP contribution in [-0.2, 0) is 13.0 Å². The second kappa shape index (κ2) is 13.8. The highest BCUT2D eigenvalue weighted by atomic mass is 16.1. The molecule has 9 heteroatoms. The molecule has 0 unspecified atom stereocenters. The second-order valence-electron chi connectivity index (χ2n) is 12.6. The Balaban J connectivity index is 1.37. The van der Waals surface area contributed by atoms with E-state index < -0.39 is 0 Å². The van der Waals surface area contributed by atoms with Crippen molar-refractivity contribution in [3.8, 4) is 17.2 Å². The molecule has 0 spiro atoms. The zero-order chi connectivity index (χ0) is 29.6. The summed E-state index contributed by atoms with van der Waals surface area (Å²) in [5, 5.41) is 20.2. The van der Waals surface area contributed by atoms with Gasteiger partial charge in [-0.15, -0.1) is 10.2 Å². The van der Waals surface area contributed by atoms with Crippen LogP contribution >= 0.6 is 0 Å². The van der Waals surface area contributed by atoms with Crippen molar-refractivity contribution in [2.45, 2.75) is 129 Å². The molecule has 1 aromatic carbocycles. The van der Waals surface area contributed by atoms with Crippen LogP contribution in [0.4, 0.5) is 0 Å². The number of benzene rings is 1. The molecule has 43 heavy (non-hydrogen) atoms. The molecule has 0 saturated heterocycles. The Morgan fingerprint density at radius 3 is 2.30 bits per heavy atom. The molecule has 0 bridgehead atoms. The summed E-state index contributed by atoms with van der Waals surface area (Å²) in [5.41, 5.74) is 6.21. The zero-order valence-electron chi connectivity index (χ0n) is 25.9. The fraction of sp³-hybridized carbons (Fsp3) is 0.588. The minimum absolute atomic E-state index is 0.0281. The van der Waals surface area contributed by atoms with E-state index in [9.17, 15) is 4.79 Å². The summed E-state index contributed by atoms with van der Waals surface area (Å²) in [5.74, 6) is 3.10. The Labute approximate surface area is 254 Å². The lowest BCUT2D eigenvalue weighted by atomic mass is 9.82. The molecule has 4 aromatic rings. The number of carbonyl (C=O) groups excluding carboxylic acids is 1. The zero-order valence-corrected chi connectivity index (χ0v) is 25.9. The molecular formula is C34H46N8O. The molecule has 2 fully saturated rings. The quantitative estimate of drug-likeness (QED) is 0.171. The number of tetrazole rings is 1. The monoisotopic (exact) mass is 582 g/mol. The minimum atomic E-state index is 0.0281. The minimum Gasteiger partial charge on any atom is -0.310 e. The van der Waals surface area contributed by atoms with Crippen molar-refractivity contribution in [3.05, 3.63) is 58.8 Å². The van der Waals surface area contributed by atoms with Crippen LogP contribution in [0.2, 0.25) is 0 Å². The van der Waals surface area contributed by atoms with Crippen molar-refractivity contribution >= 4 is 5.78 Å². The molecule has 9 nitrogen and oxygen atoms in total. The predicted molar refractivity (Wildman–Crippen MR) is 168 cm³/mol. The Morgan fingerprint density at radius 2 is 1.65 bits per heavy atom. The largest absolute Gasteiger partial charge is 0.310 e. The maximum absolute atomic E-state index is 12.6. The number of hydrogen-bond acceptors (Lipinski definition) is 6. The Bertz CT molecular complexity index is 1470. The van der Waals surface area contributed by atoms with E-state index >= 15 is 0 Å². The van der Waals surface area contributed by atoms with Gasteiger partial charge in [0.2, 0.25) is 11.6 Å². The number of nitrogens with one attached hydrogen (secondary N) is 1. The van der Waals surface area contributed by atoms with E-state index in [1.54, 1.807) is 0 Å². The topological polar surface area (TPSA) is 107 Å². The summed E-state index contributed by atoms with van der Waals surface area (Å²) in [6, 6.07) is 11.3. The highest BCUT2D eigenvalue weighted by molar-refractivity contribution is 5.92. The summed E-state index contributed by atoms with van der Waals surface area (Å²) in [6.45, 7) is 4.79. The van der Waals surface area contributed by atoms with Gasteiger partial charge in [0.15, 0.2) is 5.82 Å². The van der Waals surface area contributed by atoms with Crippen LogP contribution in [0.1, 0.15) is 149 Å². The number of hydrogen-bond donors (Lipinski definition) is 1. The van der Waals surface area contributed by atoms with Gasteiger partial charge in [-0.1, -0.05) is 70.9 Å². The summed E-state index contributed by atoms with van der Waals surface area (Å²) in [6.07, 6.45) is 16.9. The molecule has 0 aliphatic heterocycles. The molecule has 2 aliphatic carbocycles. The van der Waals surface area contributed by atoms with Crippen LogP contribution in [0.25, 0.3) is 17.2 Å². The van der Waals surface area contributed by atoms with Gasteiger partial charge in [0.1, 0.15) is 5.82 Å². The predicted octanol–water partition coefficient (Wildman–Crippen LogP) is 7.72. The van der Waals surface area contributed by atoms with Gasteiger partial charge in [0.05, 0.1) is 12.2 Å². The first-order valence-corrected chi connectivity index (χ1v) is 16.7. The summed E-state index contributed by atoms with van der Waals surface area (Å²) in [4.78, 5) is 17.2. The van der Waals surface area contributed by atoms with Crippen molar-refractivity contribution in [3.63, 3.8) is 0 Å². The molecular weight excluding hydrogens is 536 g/mol. The van der Waals surface area contributed by atoms with Crippen molar-refractivity contribution in [2.75, 3.05) is 0 Å². The standard InChI is InChI=1S/C34H46N8O/c1-3-5-17-31-35-33(30(43)12-4-2)38-41(31)23-24-18-20-27(21-19-24)42-29(26-15-10-7-11-16-26)22-28(25-13-8-6-9-14-25)32(42)34-36-39-40-37-34/h18-22,25-26H,3-17,23H2,1-2H3,(H,36,37,39,40).